The number of ether oxygens (including phenoxy) is 1. The van der Waals surface area contributed by atoms with Crippen molar-refractivity contribution < 1.29 is 22.3 Å². The van der Waals surface area contributed by atoms with Crippen LogP contribution in [-0.2, 0) is 0 Å². The van der Waals surface area contributed by atoms with Crippen LogP contribution in [-0.4, -0.2) is 12.5 Å². The molecular formula is C12H16ClF4NO. The van der Waals surface area contributed by atoms with E-state index in [0.29, 0.717) is 0 Å². The largest absolute Gasteiger partial charge is 0.461 e. The number of alkyl halides is 4. The molecule has 19 heavy (non-hydrogen) atoms. The fourth-order valence-electron chi connectivity index (χ4n) is 1.46. The lowest BCUT2D eigenvalue weighted by Gasteiger charge is -2.17. The third kappa shape index (κ3) is 5.24. The molecule has 2 nitrogen and oxygen atoms in total. The van der Waals surface area contributed by atoms with Gasteiger partial charge in [-0.05, 0) is 24.1 Å². The monoisotopic (exact) mass is 301 g/mol. The smallest absolute Gasteiger partial charge is 0.428 e. The molecule has 0 unspecified atom stereocenters. The molecule has 1 aromatic rings. The first kappa shape index (κ1) is 18.0. The van der Waals surface area contributed by atoms with Crippen molar-refractivity contribution in [1.82, 2.24) is 0 Å². The van der Waals surface area contributed by atoms with Crippen LogP contribution >= 0.6 is 12.4 Å². The summed E-state index contributed by atoms with van der Waals surface area (Å²) in [6.45, 7) is 1.97. The fraction of sp³-hybridized carbons (Fsp3) is 0.500. The number of nitrogens with two attached hydrogens (primary N) is 1. The van der Waals surface area contributed by atoms with Gasteiger partial charge in [-0.25, -0.2) is 0 Å². The Kier molecular flexibility index (Phi) is 7.15. The summed E-state index contributed by atoms with van der Waals surface area (Å²) < 4.78 is 53.0. The van der Waals surface area contributed by atoms with Crippen LogP contribution in [0.15, 0.2) is 24.3 Å². The van der Waals surface area contributed by atoms with E-state index in [1.807, 2.05) is 6.92 Å². The average molecular weight is 302 g/mol. The molecule has 0 amide bonds. The Morgan fingerprint density at radius 1 is 1.21 bits per heavy atom. The average Bonchev–Trinajstić information content (AvgIpc) is 2.29. The van der Waals surface area contributed by atoms with E-state index in [0.717, 1.165) is 18.4 Å². The highest BCUT2D eigenvalue weighted by atomic mass is 35.5. The fourth-order valence-corrected chi connectivity index (χ4v) is 1.46. The first-order valence-electron chi connectivity index (χ1n) is 5.57. The van der Waals surface area contributed by atoms with Crippen molar-refractivity contribution in [1.29, 1.82) is 0 Å². The Labute approximate surface area is 115 Å². The summed E-state index contributed by atoms with van der Waals surface area (Å²) in [5, 5.41) is 0. The number of hydrogen-bond donors (Lipinski definition) is 1. The summed E-state index contributed by atoms with van der Waals surface area (Å²) in [4.78, 5) is 0. The first-order chi connectivity index (χ1) is 8.36. The Balaban J connectivity index is 0.00000324. The Hall–Kier alpha value is -1.01. The molecule has 7 heteroatoms. The maximum Gasteiger partial charge on any atom is 0.461 e. The van der Waals surface area contributed by atoms with Crippen LogP contribution < -0.4 is 10.5 Å². The molecular weight excluding hydrogens is 286 g/mol. The summed E-state index contributed by atoms with van der Waals surface area (Å²) in [5.74, 6) is -0.312. The third-order valence-corrected chi connectivity index (χ3v) is 2.42. The van der Waals surface area contributed by atoms with Crippen molar-refractivity contribution in [2.24, 2.45) is 5.73 Å². The third-order valence-electron chi connectivity index (χ3n) is 2.42. The summed E-state index contributed by atoms with van der Waals surface area (Å²) in [6.07, 6.45) is -6.69. The number of hydrogen-bond acceptors (Lipinski definition) is 2. The first-order valence-corrected chi connectivity index (χ1v) is 5.57. The van der Waals surface area contributed by atoms with Crippen LogP contribution in [0.5, 0.6) is 5.75 Å². The van der Waals surface area contributed by atoms with Crippen LogP contribution in [0.4, 0.5) is 17.6 Å². The second-order valence-electron chi connectivity index (χ2n) is 3.93. The minimum atomic E-state index is -4.48. The van der Waals surface area contributed by atoms with Gasteiger partial charge in [-0.2, -0.15) is 17.6 Å². The molecule has 0 aliphatic carbocycles. The summed E-state index contributed by atoms with van der Waals surface area (Å²) in [5.41, 5.74) is 6.58. The Morgan fingerprint density at radius 3 is 2.16 bits per heavy atom. The molecule has 110 valence electrons. The molecule has 0 bridgehead atoms. The van der Waals surface area contributed by atoms with Gasteiger partial charge in [0, 0.05) is 6.04 Å². The molecule has 2 N–H and O–H groups in total. The van der Waals surface area contributed by atoms with Crippen LogP contribution in [0, 0.1) is 0 Å². The zero-order valence-corrected chi connectivity index (χ0v) is 11.1. The van der Waals surface area contributed by atoms with E-state index in [1.54, 1.807) is 0 Å². The van der Waals surface area contributed by atoms with Gasteiger partial charge in [0.05, 0.1) is 0 Å². The summed E-state index contributed by atoms with van der Waals surface area (Å²) >= 11 is 0. The van der Waals surface area contributed by atoms with Crippen LogP contribution in [0.25, 0.3) is 0 Å². The van der Waals surface area contributed by atoms with Crippen LogP contribution in [0.2, 0.25) is 0 Å². The van der Waals surface area contributed by atoms with Gasteiger partial charge < -0.3 is 10.5 Å². The van der Waals surface area contributed by atoms with Crippen molar-refractivity contribution in [3.8, 4) is 5.75 Å². The second-order valence-corrected chi connectivity index (χ2v) is 3.93. The zero-order chi connectivity index (χ0) is 13.8. The zero-order valence-electron chi connectivity index (χ0n) is 10.3. The number of halogens is 5. The van der Waals surface area contributed by atoms with E-state index in [2.05, 4.69) is 4.74 Å². The molecule has 1 rings (SSSR count). The molecule has 0 aromatic heterocycles. The van der Waals surface area contributed by atoms with Gasteiger partial charge in [0.1, 0.15) is 5.75 Å². The van der Waals surface area contributed by atoms with Crippen molar-refractivity contribution in [3.05, 3.63) is 29.8 Å². The minimum Gasteiger partial charge on any atom is -0.428 e. The molecule has 0 saturated carbocycles. The van der Waals surface area contributed by atoms with Gasteiger partial charge in [0.15, 0.2) is 0 Å². The predicted octanol–water partition coefficient (Wildman–Crippen LogP) is 4.15. The predicted molar refractivity (Wildman–Crippen MR) is 67.1 cm³/mol. The highest BCUT2D eigenvalue weighted by molar-refractivity contribution is 5.85. The number of benzene rings is 1. The van der Waals surface area contributed by atoms with Crippen molar-refractivity contribution in [2.45, 2.75) is 38.3 Å². The normalized spacial score (nSPS) is 13.0. The molecule has 0 aliphatic rings. The number of rotatable bonds is 6. The highest BCUT2D eigenvalue weighted by Crippen LogP contribution is 2.28. The van der Waals surface area contributed by atoms with Crippen molar-refractivity contribution in [3.63, 3.8) is 0 Å². The molecule has 0 fully saturated rings. The lowest BCUT2D eigenvalue weighted by Crippen LogP contribution is -2.33. The molecule has 0 spiro atoms. The molecule has 0 radical (unpaired) electrons. The van der Waals surface area contributed by atoms with Crippen molar-refractivity contribution >= 4 is 12.4 Å². The summed E-state index contributed by atoms with van der Waals surface area (Å²) in [7, 11) is 0. The van der Waals surface area contributed by atoms with Crippen LogP contribution in [0.1, 0.15) is 31.4 Å². The van der Waals surface area contributed by atoms with Gasteiger partial charge in [-0.1, -0.05) is 25.5 Å². The Bertz CT molecular complexity index is 372. The van der Waals surface area contributed by atoms with E-state index >= 15 is 0 Å². The van der Waals surface area contributed by atoms with Crippen LogP contribution in [0.3, 0.4) is 0 Å². The SMILES string of the molecule is CCC[C@H](N)c1ccc(OC(F)(F)C(F)F)cc1.Cl. The second kappa shape index (κ2) is 7.55. The van der Waals surface area contributed by atoms with Gasteiger partial charge in [-0.3, -0.25) is 0 Å². The quantitative estimate of drug-likeness (QED) is 0.801. The topological polar surface area (TPSA) is 35.2 Å². The van der Waals surface area contributed by atoms with Gasteiger partial charge in [0.2, 0.25) is 0 Å². The van der Waals surface area contributed by atoms with Gasteiger partial charge in [-0.15, -0.1) is 12.4 Å². The Morgan fingerprint density at radius 2 is 1.74 bits per heavy atom. The van der Waals surface area contributed by atoms with E-state index in [-0.39, 0.29) is 24.2 Å². The summed E-state index contributed by atoms with van der Waals surface area (Å²) in [6, 6.07) is 5.22. The molecule has 0 aliphatic heterocycles. The lowest BCUT2D eigenvalue weighted by molar-refractivity contribution is -0.253. The van der Waals surface area contributed by atoms with Crippen molar-refractivity contribution in [2.75, 3.05) is 0 Å². The molecule has 0 heterocycles. The van der Waals surface area contributed by atoms with E-state index in [4.69, 9.17) is 5.73 Å². The standard InChI is InChI=1S/C12H15F4NO.ClH/c1-2-3-10(17)8-4-6-9(7-5-8)18-12(15,16)11(13)14;/h4-7,10-11H,2-3,17H2,1H3;1H/t10-;/m0./s1. The van der Waals surface area contributed by atoms with E-state index in [1.165, 1.54) is 24.3 Å². The van der Waals surface area contributed by atoms with Gasteiger partial charge in [0.25, 0.3) is 0 Å². The minimum absolute atomic E-state index is 0. The molecule has 1 atom stereocenters. The molecule has 0 saturated heterocycles. The maximum atomic E-state index is 12.6. The maximum absolute atomic E-state index is 12.6. The van der Waals surface area contributed by atoms with E-state index < -0.39 is 12.5 Å². The van der Waals surface area contributed by atoms with Gasteiger partial charge >= 0.3 is 12.5 Å². The lowest BCUT2D eigenvalue weighted by atomic mass is 10.0. The highest BCUT2D eigenvalue weighted by Gasteiger charge is 2.43. The molecule has 1 aromatic carbocycles. The van der Waals surface area contributed by atoms with E-state index in [9.17, 15) is 17.6 Å².